The van der Waals surface area contributed by atoms with Gasteiger partial charge in [0, 0.05) is 13.0 Å². The summed E-state index contributed by atoms with van der Waals surface area (Å²) >= 11 is 0. The SMILES string of the molecule is C=C(C)COCCNCCCCCC(=O)OCC. The maximum atomic E-state index is 11.0. The molecule has 0 radical (unpaired) electrons. The van der Waals surface area contributed by atoms with Crippen LogP contribution in [0.4, 0.5) is 0 Å². The number of ether oxygens (including phenoxy) is 2. The molecule has 18 heavy (non-hydrogen) atoms. The molecule has 0 aliphatic heterocycles. The Morgan fingerprint density at radius 1 is 1.22 bits per heavy atom. The van der Waals surface area contributed by atoms with E-state index in [0.717, 1.165) is 44.5 Å². The van der Waals surface area contributed by atoms with Gasteiger partial charge in [-0.05, 0) is 33.2 Å². The van der Waals surface area contributed by atoms with E-state index in [9.17, 15) is 4.79 Å². The molecule has 0 unspecified atom stereocenters. The van der Waals surface area contributed by atoms with Crippen molar-refractivity contribution in [2.24, 2.45) is 0 Å². The van der Waals surface area contributed by atoms with E-state index in [0.29, 0.717) is 19.6 Å². The van der Waals surface area contributed by atoms with E-state index < -0.39 is 0 Å². The Kier molecular flexibility index (Phi) is 12.0. The van der Waals surface area contributed by atoms with Crippen molar-refractivity contribution < 1.29 is 14.3 Å². The van der Waals surface area contributed by atoms with Gasteiger partial charge in [0.05, 0.1) is 19.8 Å². The Balaban J connectivity index is 3.07. The molecule has 0 rings (SSSR count). The van der Waals surface area contributed by atoms with Crippen molar-refractivity contribution in [2.75, 3.05) is 32.9 Å². The van der Waals surface area contributed by atoms with Gasteiger partial charge in [0.25, 0.3) is 0 Å². The van der Waals surface area contributed by atoms with Crippen LogP contribution in [0.15, 0.2) is 12.2 Å². The van der Waals surface area contributed by atoms with Crippen LogP contribution in [-0.4, -0.2) is 38.9 Å². The molecule has 0 aliphatic rings. The molecule has 1 N–H and O–H groups in total. The molecular weight excluding hydrogens is 230 g/mol. The van der Waals surface area contributed by atoms with Gasteiger partial charge in [-0.25, -0.2) is 0 Å². The minimum atomic E-state index is -0.0846. The minimum Gasteiger partial charge on any atom is -0.466 e. The first-order valence-corrected chi connectivity index (χ1v) is 6.75. The summed E-state index contributed by atoms with van der Waals surface area (Å²) < 4.78 is 10.2. The molecule has 0 bridgehead atoms. The average molecular weight is 257 g/mol. The zero-order valence-corrected chi connectivity index (χ0v) is 11.8. The maximum absolute atomic E-state index is 11.0. The third-order valence-electron chi connectivity index (χ3n) is 2.31. The number of unbranched alkanes of at least 4 members (excludes halogenated alkanes) is 2. The van der Waals surface area contributed by atoms with Crippen LogP contribution in [0.1, 0.15) is 39.5 Å². The van der Waals surface area contributed by atoms with E-state index in [4.69, 9.17) is 9.47 Å². The second-order valence-electron chi connectivity index (χ2n) is 4.38. The Labute approximate surface area is 111 Å². The summed E-state index contributed by atoms with van der Waals surface area (Å²) in [5.74, 6) is -0.0846. The van der Waals surface area contributed by atoms with Gasteiger partial charge in [-0.15, -0.1) is 0 Å². The number of carbonyl (C=O) groups excluding carboxylic acids is 1. The van der Waals surface area contributed by atoms with E-state index >= 15 is 0 Å². The lowest BCUT2D eigenvalue weighted by Gasteiger charge is -2.06. The van der Waals surface area contributed by atoms with Crippen molar-refractivity contribution in [3.63, 3.8) is 0 Å². The maximum Gasteiger partial charge on any atom is 0.305 e. The summed E-state index contributed by atoms with van der Waals surface area (Å²) in [6.07, 6.45) is 3.58. The van der Waals surface area contributed by atoms with Crippen LogP contribution >= 0.6 is 0 Å². The van der Waals surface area contributed by atoms with Gasteiger partial charge in [-0.2, -0.15) is 0 Å². The summed E-state index contributed by atoms with van der Waals surface area (Å²) in [6, 6.07) is 0. The van der Waals surface area contributed by atoms with Crippen molar-refractivity contribution in [2.45, 2.75) is 39.5 Å². The first kappa shape index (κ1) is 17.1. The molecule has 0 atom stereocenters. The standard InChI is InChI=1S/C14H27NO3/c1-4-18-14(16)8-6-5-7-9-15-10-11-17-12-13(2)3/h15H,2,4-12H2,1,3H3. The highest BCUT2D eigenvalue weighted by atomic mass is 16.5. The van der Waals surface area contributed by atoms with E-state index in [1.165, 1.54) is 0 Å². The van der Waals surface area contributed by atoms with Crippen LogP contribution in [0.2, 0.25) is 0 Å². The number of nitrogens with one attached hydrogen (secondary N) is 1. The highest BCUT2D eigenvalue weighted by Gasteiger charge is 2.00. The van der Waals surface area contributed by atoms with Gasteiger partial charge in [0.1, 0.15) is 0 Å². The fourth-order valence-corrected chi connectivity index (χ4v) is 1.45. The summed E-state index contributed by atoms with van der Waals surface area (Å²) in [5, 5.41) is 3.30. The van der Waals surface area contributed by atoms with Crippen LogP contribution in [-0.2, 0) is 14.3 Å². The Morgan fingerprint density at radius 3 is 2.67 bits per heavy atom. The number of esters is 1. The van der Waals surface area contributed by atoms with Crippen molar-refractivity contribution in [3.05, 3.63) is 12.2 Å². The Morgan fingerprint density at radius 2 is 2.00 bits per heavy atom. The normalized spacial score (nSPS) is 10.3. The minimum absolute atomic E-state index is 0.0846. The summed E-state index contributed by atoms with van der Waals surface area (Å²) in [6.45, 7) is 11.2. The van der Waals surface area contributed by atoms with Gasteiger partial charge < -0.3 is 14.8 Å². The van der Waals surface area contributed by atoms with Crippen LogP contribution in [0, 0.1) is 0 Å². The molecule has 0 fully saturated rings. The second-order valence-corrected chi connectivity index (χ2v) is 4.38. The lowest BCUT2D eigenvalue weighted by molar-refractivity contribution is -0.143. The molecule has 4 heteroatoms. The second kappa shape index (κ2) is 12.6. The first-order chi connectivity index (χ1) is 8.66. The number of hydrogen-bond donors (Lipinski definition) is 1. The molecule has 0 heterocycles. The lowest BCUT2D eigenvalue weighted by Crippen LogP contribution is -2.21. The molecule has 4 nitrogen and oxygen atoms in total. The van der Waals surface area contributed by atoms with Crippen molar-refractivity contribution >= 4 is 5.97 Å². The Bertz CT molecular complexity index is 229. The molecular formula is C14H27NO3. The van der Waals surface area contributed by atoms with Crippen LogP contribution < -0.4 is 5.32 Å². The average Bonchev–Trinajstić information content (AvgIpc) is 2.31. The number of hydrogen-bond acceptors (Lipinski definition) is 4. The Hall–Kier alpha value is -0.870. The van der Waals surface area contributed by atoms with E-state index in [1.807, 2.05) is 13.8 Å². The van der Waals surface area contributed by atoms with Crippen molar-refractivity contribution in [1.82, 2.24) is 5.32 Å². The molecule has 0 aromatic heterocycles. The number of rotatable bonds is 12. The first-order valence-electron chi connectivity index (χ1n) is 6.75. The van der Waals surface area contributed by atoms with E-state index in [1.54, 1.807) is 0 Å². The monoisotopic (exact) mass is 257 g/mol. The van der Waals surface area contributed by atoms with Crippen LogP contribution in [0.3, 0.4) is 0 Å². The summed E-state index contributed by atoms with van der Waals surface area (Å²) in [5.41, 5.74) is 1.05. The fourth-order valence-electron chi connectivity index (χ4n) is 1.45. The van der Waals surface area contributed by atoms with E-state index in [-0.39, 0.29) is 5.97 Å². The molecule has 0 saturated carbocycles. The molecule has 0 saturated heterocycles. The lowest BCUT2D eigenvalue weighted by atomic mass is 10.2. The molecule has 106 valence electrons. The van der Waals surface area contributed by atoms with Gasteiger partial charge in [0.2, 0.25) is 0 Å². The van der Waals surface area contributed by atoms with Gasteiger partial charge in [-0.1, -0.05) is 18.6 Å². The molecule has 0 aliphatic carbocycles. The number of carbonyl (C=O) groups is 1. The third-order valence-corrected chi connectivity index (χ3v) is 2.31. The quantitative estimate of drug-likeness (QED) is 0.331. The molecule has 0 amide bonds. The topological polar surface area (TPSA) is 47.6 Å². The van der Waals surface area contributed by atoms with Gasteiger partial charge in [-0.3, -0.25) is 4.79 Å². The highest BCUT2D eigenvalue weighted by molar-refractivity contribution is 5.69. The van der Waals surface area contributed by atoms with Gasteiger partial charge >= 0.3 is 5.97 Å². The van der Waals surface area contributed by atoms with Crippen LogP contribution in [0.5, 0.6) is 0 Å². The fraction of sp³-hybridized carbons (Fsp3) is 0.786. The highest BCUT2D eigenvalue weighted by Crippen LogP contribution is 2.00. The van der Waals surface area contributed by atoms with Crippen LogP contribution in [0.25, 0.3) is 0 Å². The smallest absolute Gasteiger partial charge is 0.305 e. The zero-order valence-electron chi connectivity index (χ0n) is 11.8. The molecule has 0 aromatic carbocycles. The zero-order chi connectivity index (χ0) is 13.6. The van der Waals surface area contributed by atoms with Crippen molar-refractivity contribution in [3.8, 4) is 0 Å². The molecule has 0 spiro atoms. The predicted octanol–water partition coefficient (Wildman–Crippen LogP) is 2.29. The van der Waals surface area contributed by atoms with Gasteiger partial charge in [0.15, 0.2) is 0 Å². The van der Waals surface area contributed by atoms with E-state index in [2.05, 4.69) is 11.9 Å². The summed E-state index contributed by atoms with van der Waals surface area (Å²) in [7, 11) is 0. The largest absolute Gasteiger partial charge is 0.466 e. The summed E-state index contributed by atoms with van der Waals surface area (Å²) in [4.78, 5) is 11.0. The molecule has 0 aromatic rings. The third kappa shape index (κ3) is 13.2. The van der Waals surface area contributed by atoms with Crippen molar-refractivity contribution in [1.29, 1.82) is 0 Å². The predicted molar refractivity (Wildman–Crippen MR) is 73.6 cm³/mol.